The molecule has 1 aliphatic rings. The molecule has 1 aromatic heterocycles. The molecule has 0 aliphatic heterocycles. The third-order valence-corrected chi connectivity index (χ3v) is 5.04. The summed E-state index contributed by atoms with van der Waals surface area (Å²) in [4.78, 5) is 22.6. The summed E-state index contributed by atoms with van der Waals surface area (Å²) in [6.45, 7) is 0. The van der Waals surface area contributed by atoms with Crippen LogP contribution in [0.3, 0.4) is 0 Å². The summed E-state index contributed by atoms with van der Waals surface area (Å²) in [5, 5.41) is 0. The van der Waals surface area contributed by atoms with Crippen molar-refractivity contribution in [1.29, 1.82) is 0 Å². The Bertz CT molecular complexity index is 886. The lowest BCUT2D eigenvalue weighted by Crippen LogP contribution is -2.33. The molecule has 1 amide bonds. The van der Waals surface area contributed by atoms with Crippen LogP contribution in [-0.2, 0) is 6.42 Å². The van der Waals surface area contributed by atoms with E-state index in [0.717, 1.165) is 30.7 Å². The number of hydrogen-bond acceptors (Lipinski definition) is 2. The van der Waals surface area contributed by atoms with E-state index in [-0.39, 0.29) is 11.9 Å². The molecule has 0 saturated heterocycles. The fourth-order valence-electron chi connectivity index (χ4n) is 3.75. The lowest BCUT2D eigenvalue weighted by molar-refractivity contribution is 0.0716. The standard InChI is InChI=1S/C21H21N3O/c1-24(19-12-6-8-15-7-2-3-9-16(15)19)21(25)18-11-5-4-10-17(18)20-22-13-14-23-20/h2-5,7,9-11,13-14,19H,6,8,12H2,1H3,(H,22,23)/t19-/m1/s1. The molecule has 1 heterocycles. The average Bonchev–Trinajstić information content (AvgIpc) is 3.21. The Balaban J connectivity index is 1.69. The van der Waals surface area contributed by atoms with Crippen molar-refractivity contribution in [2.24, 2.45) is 0 Å². The molecule has 126 valence electrons. The van der Waals surface area contributed by atoms with E-state index in [2.05, 4.69) is 34.2 Å². The number of amides is 1. The predicted molar refractivity (Wildman–Crippen MR) is 98.2 cm³/mol. The minimum absolute atomic E-state index is 0.0358. The second kappa shape index (κ2) is 6.55. The molecule has 1 N–H and O–H groups in total. The maximum Gasteiger partial charge on any atom is 0.254 e. The number of carbonyl (C=O) groups excluding carboxylic acids is 1. The van der Waals surface area contributed by atoms with Crippen LogP contribution < -0.4 is 0 Å². The Labute approximate surface area is 147 Å². The van der Waals surface area contributed by atoms with E-state index < -0.39 is 0 Å². The third kappa shape index (κ3) is 2.84. The van der Waals surface area contributed by atoms with Crippen LogP contribution in [0, 0.1) is 0 Å². The van der Waals surface area contributed by atoms with Gasteiger partial charge in [-0.3, -0.25) is 4.79 Å². The van der Waals surface area contributed by atoms with E-state index in [4.69, 9.17) is 0 Å². The molecule has 4 heteroatoms. The summed E-state index contributed by atoms with van der Waals surface area (Å²) in [5.41, 5.74) is 4.16. The minimum Gasteiger partial charge on any atom is -0.345 e. The predicted octanol–water partition coefficient (Wildman–Crippen LogP) is 4.23. The number of aryl methyl sites for hydroxylation is 1. The van der Waals surface area contributed by atoms with E-state index >= 15 is 0 Å². The van der Waals surface area contributed by atoms with Gasteiger partial charge in [-0.1, -0.05) is 42.5 Å². The molecule has 3 aromatic rings. The SMILES string of the molecule is CN(C(=O)c1ccccc1-c1ncc[nH]1)[C@@H]1CCCc2ccccc21. The monoisotopic (exact) mass is 331 g/mol. The van der Waals surface area contributed by atoms with E-state index in [1.54, 1.807) is 12.4 Å². The van der Waals surface area contributed by atoms with Gasteiger partial charge in [-0.25, -0.2) is 4.98 Å². The number of rotatable bonds is 3. The highest BCUT2D eigenvalue weighted by atomic mass is 16.2. The number of carbonyl (C=O) groups is 1. The molecule has 0 fully saturated rings. The van der Waals surface area contributed by atoms with Crippen LogP contribution in [0.25, 0.3) is 11.4 Å². The Hall–Kier alpha value is -2.88. The molecular weight excluding hydrogens is 310 g/mol. The number of fused-ring (bicyclic) bond motifs is 1. The maximum atomic E-state index is 13.3. The fraction of sp³-hybridized carbons (Fsp3) is 0.238. The zero-order valence-electron chi connectivity index (χ0n) is 14.3. The van der Waals surface area contributed by atoms with Gasteiger partial charge in [-0.2, -0.15) is 0 Å². The first-order valence-corrected chi connectivity index (χ1v) is 8.69. The quantitative estimate of drug-likeness (QED) is 0.781. The van der Waals surface area contributed by atoms with Crippen molar-refractivity contribution >= 4 is 5.91 Å². The second-order valence-electron chi connectivity index (χ2n) is 6.51. The van der Waals surface area contributed by atoms with Crippen molar-refractivity contribution < 1.29 is 4.79 Å². The minimum atomic E-state index is 0.0358. The van der Waals surface area contributed by atoms with Gasteiger partial charge in [0.1, 0.15) is 5.82 Å². The lowest BCUT2D eigenvalue weighted by atomic mass is 9.86. The zero-order chi connectivity index (χ0) is 17.2. The van der Waals surface area contributed by atoms with Crippen molar-refractivity contribution in [2.75, 3.05) is 7.05 Å². The Kier molecular flexibility index (Phi) is 4.10. The van der Waals surface area contributed by atoms with Gasteiger partial charge in [0.05, 0.1) is 11.6 Å². The number of benzene rings is 2. The summed E-state index contributed by atoms with van der Waals surface area (Å²) in [5.74, 6) is 0.759. The van der Waals surface area contributed by atoms with Crippen molar-refractivity contribution in [3.05, 3.63) is 77.6 Å². The van der Waals surface area contributed by atoms with Crippen LogP contribution in [0.1, 0.15) is 40.4 Å². The number of hydrogen-bond donors (Lipinski definition) is 1. The topological polar surface area (TPSA) is 49.0 Å². The van der Waals surface area contributed by atoms with Gasteiger partial charge in [-0.05, 0) is 36.5 Å². The van der Waals surface area contributed by atoms with Gasteiger partial charge in [0.2, 0.25) is 0 Å². The molecule has 0 saturated carbocycles. The summed E-state index contributed by atoms with van der Waals surface area (Å²) in [6.07, 6.45) is 6.69. The second-order valence-corrected chi connectivity index (χ2v) is 6.51. The molecule has 0 spiro atoms. The van der Waals surface area contributed by atoms with Crippen molar-refractivity contribution in [1.82, 2.24) is 14.9 Å². The van der Waals surface area contributed by atoms with Crippen LogP contribution in [0.4, 0.5) is 0 Å². The summed E-state index contributed by atoms with van der Waals surface area (Å²) in [6, 6.07) is 16.3. The first kappa shape index (κ1) is 15.6. The highest BCUT2D eigenvalue weighted by Gasteiger charge is 2.28. The Morgan fingerprint density at radius 1 is 1.16 bits per heavy atom. The van der Waals surface area contributed by atoms with Gasteiger partial charge in [0.25, 0.3) is 5.91 Å². The zero-order valence-corrected chi connectivity index (χ0v) is 14.3. The maximum absolute atomic E-state index is 13.3. The number of aromatic nitrogens is 2. The van der Waals surface area contributed by atoms with Crippen LogP contribution in [-0.4, -0.2) is 27.8 Å². The number of H-pyrrole nitrogens is 1. The lowest BCUT2D eigenvalue weighted by Gasteiger charge is -2.33. The first-order chi connectivity index (χ1) is 12.3. The summed E-state index contributed by atoms with van der Waals surface area (Å²) < 4.78 is 0. The van der Waals surface area contributed by atoms with Crippen LogP contribution >= 0.6 is 0 Å². The van der Waals surface area contributed by atoms with Gasteiger partial charge in [-0.15, -0.1) is 0 Å². The van der Waals surface area contributed by atoms with E-state index in [9.17, 15) is 4.79 Å². The van der Waals surface area contributed by atoms with Gasteiger partial charge in [0, 0.05) is 25.0 Å². The van der Waals surface area contributed by atoms with Gasteiger partial charge in [0.15, 0.2) is 0 Å². The molecular formula is C21H21N3O. The Morgan fingerprint density at radius 2 is 1.96 bits per heavy atom. The normalized spacial score (nSPS) is 16.3. The molecule has 0 unspecified atom stereocenters. The molecule has 25 heavy (non-hydrogen) atoms. The van der Waals surface area contributed by atoms with Crippen molar-refractivity contribution in [3.8, 4) is 11.4 Å². The molecule has 2 aromatic carbocycles. The first-order valence-electron chi connectivity index (χ1n) is 8.69. The van der Waals surface area contributed by atoms with E-state index in [0.29, 0.717) is 5.56 Å². The molecule has 4 rings (SSSR count). The fourth-order valence-corrected chi connectivity index (χ4v) is 3.75. The number of aromatic amines is 1. The highest BCUT2D eigenvalue weighted by Crippen LogP contribution is 2.35. The molecule has 1 atom stereocenters. The number of nitrogens with zero attached hydrogens (tertiary/aromatic N) is 2. The largest absolute Gasteiger partial charge is 0.345 e. The molecule has 0 bridgehead atoms. The highest BCUT2D eigenvalue weighted by molar-refractivity contribution is 6.00. The molecule has 1 aliphatic carbocycles. The van der Waals surface area contributed by atoms with Crippen LogP contribution in [0.2, 0.25) is 0 Å². The average molecular weight is 331 g/mol. The summed E-state index contributed by atoms with van der Waals surface area (Å²) >= 11 is 0. The van der Waals surface area contributed by atoms with E-state index in [1.165, 1.54) is 11.1 Å². The third-order valence-electron chi connectivity index (χ3n) is 5.04. The van der Waals surface area contributed by atoms with Crippen LogP contribution in [0.15, 0.2) is 60.9 Å². The van der Waals surface area contributed by atoms with Crippen molar-refractivity contribution in [3.63, 3.8) is 0 Å². The smallest absolute Gasteiger partial charge is 0.254 e. The summed E-state index contributed by atoms with van der Waals surface area (Å²) in [7, 11) is 1.91. The van der Waals surface area contributed by atoms with Crippen molar-refractivity contribution in [2.45, 2.75) is 25.3 Å². The molecule has 0 radical (unpaired) electrons. The van der Waals surface area contributed by atoms with Gasteiger partial charge >= 0.3 is 0 Å². The number of imidazole rings is 1. The number of nitrogens with one attached hydrogen (secondary N) is 1. The molecule has 4 nitrogen and oxygen atoms in total. The van der Waals surface area contributed by atoms with Gasteiger partial charge < -0.3 is 9.88 Å². The van der Waals surface area contributed by atoms with Crippen LogP contribution in [0.5, 0.6) is 0 Å². The Morgan fingerprint density at radius 3 is 2.80 bits per heavy atom. The van der Waals surface area contributed by atoms with E-state index in [1.807, 2.05) is 36.2 Å².